The normalized spacial score (nSPS) is 11.2. The van der Waals surface area contributed by atoms with Crippen molar-refractivity contribution in [1.82, 2.24) is 14.1 Å². The number of aromatic nitrogens is 3. The number of benzene rings is 2. The predicted octanol–water partition coefficient (Wildman–Crippen LogP) is 3.96. The molecule has 0 unspecified atom stereocenters. The number of hydrogen-bond donors (Lipinski definition) is 1. The van der Waals surface area contributed by atoms with E-state index in [0.717, 1.165) is 11.1 Å². The minimum Gasteiger partial charge on any atom is -0.325 e. The monoisotopic (exact) mass is 470 g/mol. The summed E-state index contributed by atoms with van der Waals surface area (Å²) < 4.78 is 3.04. The Morgan fingerprint density at radius 3 is 2.50 bits per heavy atom. The molecule has 8 heteroatoms. The third-order valence-corrected chi connectivity index (χ3v) is 6.81. The molecule has 170 valence electrons. The molecule has 0 bridgehead atoms. The molecule has 0 aliphatic rings. The van der Waals surface area contributed by atoms with E-state index in [-0.39, 0.29) is 24.6 Å². The molecular formula is C26H22N4O3S. The highest BCUT2D eigenvalue weighted by molar-refractivity contribution is 7.25. The molecule has 0 spiro atoms. The maximum atomic E-state index is 13.5. The molecule has 1 amide bonds. The number of thiophene rings is 1. The lowest BCUT2D eigenvalue weighted by molar-refractivity contribution is -0.116. The van der Waals surface area contributed by atoms with Crippen molar-refractivity contribution in [2.75, 3.05) is 5.32 Å². The lowest BCUT2D eigenvalue weighted by Gasteiger charge is -2.13. The fourth-order valence-corrected chi connectivity index (χ4v) is 5.09. The van der Waals surface area contributed by atoms with Crippen LogP contribution in [-0.4, -0.2) is 20.0 Å². The first-order valence-electron chi connectivity index (χ1n) is 10.9. The van der Waals surface area contributed by atoms with E-state index in [4.69, 9.17) is 0 Å². The Bertz CT molecular complexity index is 1620. The Hall–Kier alpha value is -4.04. The molecule has 0 radical (unpaired) electrons. The molecule has 0 atom stereocenters. The van der Waals surface area contributed by atoms with Gasteiger partial charge in [0.15, 0.2) is 0 Å². The maximum absolute atomic E-state index is 13.5. The van der Waals surface area contributed by atoms with Gasteiger partial charge >= 0.3 is 5.69 Å². The number of carbonyl (C=O) groups is 1. The molecule has 0 saturated carbocycles. The zero-order valence-electron chi connectivity index (χ0n) is 18.5. The van der Waals surface area contributed by atoms with Crippen LogP contribution in [0.2, 0.25) is 0 Å². The minimum atomic E-state index is -0.504. The van der Waals surface area contributed by atoms with E-state index < -0.39 is 5.69 Å². The average molecular weight is 471 g/mol. The third-order valence-electron chi connectivity index (χ3n) is 5.72. The summed E-state index contributed by atoms with van der Waals surface area (Å²) in [6, 6.07) is 20.7. The van der Waals surface area contributed by atoms with Crippen LogP contribution in [0.4, 0.5) is 5.69 Å². The van der Waals surface area contributed by atoms with E-state index >= 15 is 0 Å². The van der Waals surface area contributed by atoms with Gasteiger partial charge in [-0.15, -0.1) is 11.3 Å². The van der Waals surface area contributed by atoms with E-state index in [1.54, 1.807) is 12.3 Å². The Morgan fingerprint density at radius 2 is 1.74 bits per heavy atom. The van der Waals surface area contributed by atoms with Crippen molar-refractivity contribution >= 4 is 43.4 Å². The van der Waals surface area contributed by atoms with Crippen molar-refractivity contribution in [2.45, 2.75) is 26.4 Å². The summed E-state index contributed by atoms with van der Waals surface area (Å²) in [6.45, 7) is 1.98. The van der Waals surface area contributed by atoms with E-state index in [2.05, 4.69) is 10.3 Å². The molecule has 5 rings (SSSR count). The van der Waals surface area contributed by atoms with Gasteiger partial charge in [0.2, 0.25) is 5.91 Å². The highest BCUT2D eigenvalue weighted by atomic mass is 32.1. The molecule has 0 fully saturated rings. The Kier molecular flexibility index (Phi) is 5.81. The number of anilines is 1. The second-order valence-corrected chi connectivity index (χ2v) is 9.11. The first-order valence-corrected chi connectivity index (χ1v) is 11.7. The Balaban J connectivity index is 1.59. The molecule has 3 aromatic heterocycles. The van der Waals surface area contributed by atoms with Crippen molar-refractivity contribution in [3.05, 3.63) is 105 Å². The summed E-state index contributed by atoms with van der Waals surface area (Å²) in [5.74, 6) is -0.344. The van der Waals surface area contributed by atoms with Crippen LogP contribution >= 0.6 is 11.3 Å². The summed E-state index contributed by atoms with van der Waals surface area (Å²) in [5.41, 5.74) is 2.35. The molecule has 2 aromatic carbocycles. The average Bonchev–Trinajstić information content (AvgIpc) is 3.24. The smallest absolute Gasteiger partial charge is 0.325 e. The minimum absolute atomic E-state index is 0.213. The van der Waals surface area contributed by atoms with Crippen molar-refractivity contribution in [3.8, 4) is 0 Å². The highest BCUT2D eigenvalue weighted by Crippen LogP contribution is 2.29. The van der Waals surface area contributed by atoms with Gasteiger partial charge in [0, 0.05) is 23.8 Å². The fraction of sp³-hybridized carbons (Fsp3) is 0.154. The topological polar surface area (TPSA) is 86.0 Å². The Labute approximate surface area is 198 Å². The number of pyridine rings is 1. The zero-order chi connectivity index (χ0) is 23.7. The van der Waals surface area contributed by atoms with Crippen molar-refractivity contribution < 1.29 is 4.79 Å². The van der Waals surface area contributed by atoms with Gasteiger partial charge in [-0.05, 0) is 43.2 Å². The number of rotatable bonds is 6. The first-order chi connectivity index (χ1) is 16.5. The van der Waals surface area contributed by atoms with E-state index in [9.17, 15) is 14.4 Å². The molecule has 5 aromatic rings. The van der Waals surface area contributed by atoms with Crippen molar-refractivity contribution in [2.24, 2.45) is 0 Å². The van der Waals surface area contributed by atoms with E-state index in [1.165, 1.54) is 20.5 Å². The lowest BCUT2D eigenvalue weighted by Crippen LogP contribution is -2.41. The molecule has 1 N–H and O–H groups in total. The van der Waals surface area contributed by atoms with Crippen LogP contribution in [0.5, 0.6) is 0 Å². The van der Waals surface area contributed by atoms with Gasteiger partial charge in [0.25, 0.3) is 5.56 Å². The lowest BCUT2D eigenvalue weighted by atomic mass is 10.1. The first kappa shape index (κ1) is 21.8. The number of fused-ring (bicyclic) bond motifs is 3. The SMILES string of the molecule is Cc1ccc(NC(=O)Cn2c(=O)n(CCc3ccccc3)c(=O)c3sc4ncccc4c32)cc1. The number of aryl methyl sites for hydroxylation is 2. The standard InChI is InChI=1S/C26H22N4O3S/c1-17-9-11-19(12-10-17)28-21(31)16-30-22-20-8-5-14-27-24(20)34-23(22)25(32)29(26(30)33)15-13-18-6-3-2-4-7-18/h2-12,14H,13,15-16H2,1H3,(H,28,31). The molecule has 0 aliphatic carbocycles. The Morgan fingerprint density at radius 1 is 0.971 bits per heavy atom. The zero-order valence-corrected chi connectivity index (χ0v) is 19.3. The van der Waals surface area contributed by atoms with Crippen molar-refractivity contribution in [3.63, 3.8) is 0 Å². The largest absolute Gasteiger partial charge is 0.332 e. The number of nitrogens with zero attached hydrogens (tertiary/aromatic N) is 3. The van der Waals surface area contributed by atoms with Crippen molar-refractivity contribution in [1.29, 1.82) is 0 Å². The van der Waals surface area contributed by atoms with Crippen LogP contribution < -0.4 is 16.6 Å². The van der Waals surface area contributed by atoms with Crippen LogP contribution in [0.3, 0.4) is 0 Å². The van der Waals surface area contributed by atoms with Gasteiger partial charge in [0.1, 0.15) is 16.1 Å². The molecule has 7 nitrogen and oxygen atoms in total. The fourth-order valence-electron chi connectivity index (χ4n) is 3.99. The van der Waals surface area contributed by atoms with Gasteiger partial charge in [0.05, 0.1) is 5.52 Å². The van der Waals surface area contributed by atoms with Gasteiger partial charge in [-0.3, -0.25) is 18.7 Å². The second kappa shape index (κ2) is 9.07. The van der Waals surface area contributed by atoms with Crippen LogP contribution in [-0.2, 0) is 24.3 Å². The maximum Gasteiger partial charge on any atom is 0.332 e. The highest BCUT2D eigenvalue weighted by Gasteiger charge is 2.20. The second-order valence-electron chi connectivity index (χ2n) is 8.11. The van der Waals surface area contributed by atoms with E-state index in [0.29, 0.717) is 32.5 Å². The predicted molar refractivity (Wildman–Crippen MR) is 136 cm³/mol. The van der Waals surface area contributed by atoms with Crippen LogP contribution in [0, 0.1) is 6.92 Å². The quantitative estimate of drug-likeness (QED) is 0.407. The van der Waals surface area contributed by atoms with Gasteiger partial charge in [-0.1, -0.05) is 48.0 Å². The molecule has 3 heterocycles. The summed E-state index contributed by atoms with van der Waals surface area (Å²) >= 11 is 1.24. The summed E-state index contributed by atoms with van der Waals surface area (Å²) in [7, 11) is 0. The molecule has 0 saturated heterocycles. The van der Waals surface area contributed by atoms with Crippen LogP contribution in [0.25, 0.3) is 20.4 Å². The number of carbonyl (C=O) groups excluding carboxylic acids is 1. The van der Waals surface area contributed by atoms with Crippen LogP contribution in [0.15, 0.2) is 82.5 Å². The van der Waals surface area contributed by atoms with E-state index in [1.807, 2.05) is 67.6 Å². The van der Waals surface area contributed by atoms with Gasteiger partial charge in [-0.2, -0.15) is 0 Å². The van der Waals surface area contributed by atoms with Gasteiger partial charge < -0.3 is 5.32 Å². The molecule has 34 heavy (non-hydrogen) atoms. The summed E-state index contributed by atoms with van der Waals surface area (Å²) in [5, 5.41) is 3.53. The number of hydrogen-bond acceptors (Lipinski definition) is 5. The van der Waals surface area contributed by atoms with Gasteiger partial charge in [-0.25, -0.2) is 9.78 Å². The summed E-state index contributed by atoms with van der Waals surface area (Å²) in [4.78, 5) is 44.8. The third kappa shape index (κ3) is 4.15. The molecular weight excluding hydrogens is 448 g/mol. The summed E-state index contributed by atoms with van der Waals surface area (Å²) in [6.07, 6.45) is 2.18. The number of nitrogens with one attached hydrogen (secondary N) is 1. The van der Waals surface area contributed by atoms with Crippen LogP contribution in [0.1, 0.15) is 11.1 Å². The molecule has 0 aliphatic heterocycles. The number of amides is 1.